The summed E-state index contributed by atoms with van der Waals surface area (Å²) in [6.07, 6.45) is 0. The molecule has 8 aromatic rings. The molecule has 1 aromatic heterocycles. The number of nitrogens with zero attached hydrogens (tertiary/aromatic N) is 2. The quantitative estimate of drug-likeness (QED) is 0.126. The van der Waals surface area contributed by atoms with Gasteiger partial charge < -0.3 is 19.0 Å². The molecule has 0 atom stereocenters. The molecule has 0 saturated heterocycles. The molecule has 0 aliphatic carbocycles. The lowest BCUT2D eigenvalue weighted by molar-refractivity contribution is -0.0499. The average Bonchev–Trinajstić information content (AvgIpc) is 3.51. The molecule has 0 aliphatic rings. The van der Waals surface area contributed by atoms with Crippen LogP contribution in [0.5, 0.6) is 5.75 Å². The Morgan fingerprint density at radius 1 is 0.510 bits per heavy atom. The first-order chi connectivity index (χ1) is 24.7. The second-order valence-corrected chi connectivity index (χ2v) is 13.4. The molecule has 0 amide bonds. The van der Waals surface area contributed by atoms with Crippen LogP contribution < -0.4 is 14.0 Å². The number of anilines is 6. The van der Waals surface area contributed by atoms with Gasteiger partial charge in [-0.1, -0.05) is 91.0 Å². The summed E-state index contributed by atoms with van der Waals surface area (Å²) in [5.74, 6) is -0.504. The minimum absolute atomic E-state index is 0.0784. The Hall–Kier alpha value is -6.26. The third kappa shape index (κ3) is 5.89. The predicted octanol–water partition coefficient (Wildman–Crippen LogP) is 11.6. The molecule has 1 N–H and O–H groups in total. The van der Waals surface area contributed by atoms with Crippen molar-refractivity contribution < 1.29 is 25.8 Å². The summed E-state index contributed by atoms with van der Waals surface area (Å²) < 4.78 is 72.4. The van der Waals surface area contributed by atoms with E-state index in [0.29, 0.717) is 28.4 Å². The average molecular weight is 700 g/mol. The molecule has 0 bridgehead atoms. The van der Waals surface area contributed by atoms with Crippen molar-refractivity contribution in [2.45, 2.75) is 5.51 Å². The van der Waals surface area contributed by atoms with Crippen molar-refractivity contribution in [1.29, 1.82) is 0 Å². The van der Waals surface area contributed by atoms with Gasteiger partial charge >= 0.3 is 15.6 Å². The van der Waals surface area contributed by atoms with Gasteiger partial charge in [-0.3, -0.25) is 0 Å². The summed E-state index contributed by atoms with van der Waals surface area (Å²) >= 11 is 0. The standard InChI is InChI=1S/C41H28F3N3O3S/c42-41(43,44)51(48,49)50-39-21-11-20-38(40(39)47(31-16-5-2-6-17-31)32-23-22-28-12-7-8-13-29(28)26-32)46(30-14-3-1-4-15-30)33-24-25-37-35(27-33)34-18-9-10-19-36(34)45-37/h1-27,45H. The van der Waals surface area contributed by atoms with Crippen molar-refractivity contribution in [2.24, 2.45) is 0 Å². The normalized spacial score (nSPS) is 12.0. The first-order valence-electron chi connectivity index (χ1n) is 16.0. The highest BCUT2D eigenvalue weighted by Gasteiger charge is 2.49. The lowest BCUT2D eigenvalue weighted by Crippen LogP contribution is -2.29. The Bertz CT molecular complexity index is 2650. The van der Waals surface area contributed by atoms with E-state index in [9.17, 15) is 21.6 Å². The molecule has 0 radical (unpaired) electrons. The number of fused-ring (bicyclic) bond motifs is 4. The molecule has 6 nitrogen and oxygen atoms in total. The number of aromatic nitrogens is 1. The summed E-state index contributed by atoms with van der Waals surface area (Å²) in [7, 11) is -6.07. The maximum atomic E-state index is 14.0. The number of rotatable bonds is 8. The van der Waals surface area contributed by atoms with Gasteiger partial charge in [-0.25, -0.2) is 0 Å². The van der Waals surface area contributed by atoms with Crippen LogP contribution in [0, 0.1) is 0 Å². The van der Waals surface area contributed by atoms with Crippen molar-refractivity contribution in [3.05, 3.63) is 164 Å². The van der Waals surface area contributed by atoms with E-state index in [0.717, 1.165) is 32.6 Å². The number of hydrogen-bond acceptors (Lipinski definition) is 5. The maximum absolute atomic E-state index is 14.0. The third-order valence-corrected chi connectivity index (χ3v) is 9.66. The summed E-state index contributed by atoms with van der Waals surface area (Å²) in [4.78, 5) is 7.05. The molecule has 0 saturated carbocycles. The van der Waals surface area contributed by atoms with E-state index in [2.05, 4.69) is 4.98 Å². The van der Waals surface area contributed by atoms with E-state index < -0.39 is 21.4 Å². The van der Waals surface area contributed by atoms with Gasteiger partial charge in [0, 0.05) is 44.6 Å². The molecule has 10 heteroatoms. The van der Waals surface area contributed by atoms with E-state index in [1.165, 1.54) is 12.1 Å². The van der Waals surface area contributed by atoms with Crippen molar-refractivity contribution >= 4 is 76.8 Å². The molecule has 51 heavy (non-hydrogen) atoms. The van der Waals surface area contributed by atoms with Crippen LogP contribution in [0.4, 0.5) is 47.3 Å². The second-order valence-electron chi connectivity index (χ2n) is 11.9. The number of benzene rings is 7. The van der Waals surface area contributed by atoms with E-state index in [1.54, 1.807) is 35.2 Å². The fourth-order valence-electron chi connectivity index (χ4n) is 6.43. The second kappa shape index (κ2) is 12.6. The lowest BCUT2D eigenvalue weighted by Gasteiger charge is -2.34. The minimum Gasteiger partial charge on any atom is -0.374 e. The van der Waals surface area contributed by atoms with E-state index in [1.807, 2.05) is 126 Å². The van der Waals surface area contributed by atoms with Crippen molar-refractivity contribution in [3.63, 3.8) is 0 Å². The molecule has 252 valence electrons. The van der Waals surface area contributed by atoms with E-state index >= 15 is 0 Å². The third-order valence-electron chi connectivity index (χ3n) is 8.69. The Balaban J connectivity index is 1.45. The zero-order chi connectivity index (χ0) is 35.2. The van der Waals surface area contributed by atoms with Gasteiger partial charge in [-0.2, -0.15) is 21.6 Å². The molecule has 0 spiro atoms. The first kappa shape index (κ1) is 32.0. The highest BCUT2D eigenvalue weighted by molar-refractivity contribution is 7.88. The number of H-pyrrole nitrogens is 1. The zero-order valence-electron chi connectivity index (χ0n) is 26.7. The topological polar surface area (TPSA) is 65.6 Å². The number of aromatic amines is 1. The van der Waals surface area contributed by atoms with Crippen LogP contribution >= 0.6 is 0 Å². The Kier molecular flexibility index (Phi) is 7.88. The van der Waals surface area contributed by atoms with Gasteiger partial charge in [-0.15, -0.1) is 0 Å². The highest BCUT2D eigenvalue weighted by atomic mass is 32.2. The maximum Gasteiger partial charge on any atom is 0.534 e. The van der Waals surface area contributed by atoms with Crippen LogP contribution in [-0.2, 0) is 10.1 Å². The summed E-state index contributed by atoms with van der Waals surface area (Å²) in [5, 5.41) is 3.77. The van der Waals surface area contributed by atoms with Crippen molar-refractivity contribution in [2.75, 3.05) is 9.80 Å². The number of alkyl halides is 3. The molecule has 8 rings (SSSR count). The van der Waals surface area contributed by atoms with Gasteiger partial charge in [0.05, 0.1) is 5.69 Å². The van der Waals surface area contributed by atoms with Crippen molar-refractivity contribution in [1.82, 2.24) is 4.98 Å². The number of nitrogens with one attached hydrogen (secondary N) is 1. The largest absolute Gasteiger partial charge is 0.534 e. The Labute approximate surface area is 291 Å². The zero-order valence-corrected chi connectivity index (χ0v) is 27.6. The first-order valence-corrected chi connectivity index (χ1v) is 17.4. The molecule has 7 aromatic carbocycles. The lowest BCUT2D eigenvalue weighted by atomic mass is 10.1. The summed E-state index contributed by atoms with van der Waals surface area (Å²) in [6, 6.07) is 50.0. The summed E-state index contributed by atoms with van der Waals surface area (Å²) in [5.41, 5.74) is -0.861. The monoisotopic (exact) mass is 699 g/mol. The van der Waals surface area contributed by atoms with Crippen LogP contribution in [0.3, 0.4) is 0 Å². The van der Waals surface area contributed by atoms with Crippen LogP contribution in [0.15, 0.2) is 164 Å². The summed E-state index contributed by atoms with van der Waals surface area (Å²) in [6.45, 7) is 0. The van der Waals surface area contributed by atoms with Gasteiger partial charge in [-0.05, 0) is 83.6 Å². The van der Waals surface area contributed by atoms with Crippen LogP contribution in [-0.4, -0.2) is 18.9 Å². The smallest absolute Gasteiger partial charge is 0.374 e. The van der Waals surface area contributed by atoms with E-state index in [-0.39, 0.29) is 5.69 Å². The number of halogens is 3. The molecular formula is C41H28F3N3O3S. The SMILES string of the molecule is O=S(=O)(Oc1cccc(N(c2ccccc2)c2ccc3[nH]c4ccccc4c3c2)c1N(c1ccccc1)c1ccc2ccccc2c1)C(F)(F)F. The molecule has 1 heterocycles. The van der Waals surface area contributed by atoms with Gasteiger partial charge in [0.2, 0.25) is 0 Å². The van der Waals surface area contributed by atoms with Gasteiger partial charge in [0.1, 0.15) is 5.69 Å². The molecule has 0 unspecified atom stereocenters. The van der Waals surface area contributed by atoms with Crippen LogP contribution in [0.2, 0.25) is 0 Å². The van der Waals surface area contributed by atoms with Crippen LogP contribution in [0.25, 0.3) is 32.6 Å². The fourth-order valence-corrected chi connectivity index (χ4v) is 6.89. The number of hydrogen-bond donors (Lipinski definition) is 1. The Morgan fingerprint density at radius 2 is 1.10 bits per heavy atom. The minimum atomic E-state index is -6.07. The predicted molar refractivity (Wildman–Crippen MR) is 198 cm³/mol. The Morgan fingerprint density at radius 3 is 1.82 bits per heavy atom. The highest BCUT2D eigenvalue weighted by Crippen LogP contribution is 2.51. The van der Waals surface area contributed by atoms with Crippen molar-refractivity contribution in [3.8, 4) is 5.75 Å². The van der Waals surface area contributed by atoms with Gasteiger partial charge in [0.25, 0.3) is 0 Å². The van der Waals surface area contributed by atoms with Gasteiger partial charge in [0.15, 0.2) is 5.75 Å². The molecule has 0 aliphatic heterocycles. The molecule has 0 fully saturated rings. The number of para-hydroxylation sites is 4. The molecular weight excluding hydrogens is 672 g/mol. The van der Waals surface area contributed by atoms with Crippen LogP contribution in [0.1, 0.15) is 0 Å². The van der Waals surface area contributed by atoms with E-state index in [4.69, 9.17) is 4.18 Å². The fraction of sp³-hybridized carbons (Fsp3) is 0.0244.